The Morgan fingerprint density at radius 2 is 1.73 bits per heavy atom. The number of nitrogens with one attached hydrogen (secondary N) is 2. The minimum Gasteiger partial charge on any atom is -0.495 e. The highest BCUT2D eigenvalue weighted by molar-refractivity contribution is 6.06. The number of benzene rings is 2. The summed E-state index contributed by atoms with van der Waals surface area (Å²) in [4.78, 5) is 27.0. The number of anilines is 4. The maximum atomic E-state index is 13.1. The van der Waals surface area contributed by atoms with Crippen molar-refractivity contribution in [2.45, 2.75) is 6.92 Å². The van der Waals surface area contributed by atoms with Gasteiger partial charge in [0.2, 0.25) is 5.95 Å². The van der Waals surface area contributed by atoms with Gasteiger partial charge in [0.1, 0.15) is 11.5 Å². The smallest absolute Gasteiger partial charge is 0.257 e. The summed E-state index contributed by atoms with van der Waals surface area (Å²) in [6.07, 6.45) is 3.48. The highest BCUT2D eigenvalue weighted by Gasteiger charge is 2.18. The maximum absolute atomic E-state index is 13.1. The van der Waals surface area contributed by atoms with E-state index in [1.54, 1.807) is 26.6 Å². The second kappa shape index (κ2) is 11.7. The SMILES string of the molecule is COc1cc(N2CCN(C)CC2)ccc1Nc1nccc(-c2cc(C(=O)Nc3c(C)cccc3OC)cn2C)n1. The van der Waals surface area contributed by atoms with Crippen LogP contribution in [0, 0.1) is 6.92 Å². The van der Waals surface area contributed by atoms with E-state index in [1.807, 2.05) is 61.0 Å². The lowest BCUT2D eigenvalue weighted by Crippen LogP contribution is -2.44. The topological polar surface area (TPSA) is 96.8 Å². The number of amides is 1. The molecule has 0 aliphatic carbocycles. The summed E-state index contributed by atoms with van der Waals surface area (Å²) in [5.74, 6) is 1.53. The number of methoxy groups -OCH3 is 2. The maximum Gasteiger partial charge on any atom is 0.257 e. The average Bonchev–Trinajstić information content (AvgIpc) is 3.36. The van der Waals surface area contributed by atoms with Crippen LogP contribution in [-0.2, 0) is 7.05 Å². The Hall–Kier alpha value is -4.57. The zero-order valence-corrected chi connectivity index (χ0v) is 23.6. The standard InChI is InChI=1S/C30H35N7O3/c1-20-7-6-8-26(39-4)28(20)34-29(38)21-17-25(36(3)19-21)23-11-12-31-30(32-23)33-24-10-9-22(18-27(24)40-5)37-15-13-35(2)14-16-37/h6-12,17-19H,13-16H2,1-5H3,(H,34,38)(H,31,32,33). The van der Waals surface area contributed by atoms with E-state index in [4.69, 9.17) is 14.5 Å². The van der Waals surface area contributed by atoms with E-state index in [0.29, 0.717) is 28.6 Å². The van der Waals surface area contributed by atoms with Crippen molar-refractivity contribution in [3.05, 3.63) is 72.1 Å². The van der Waals surface area contributed by atoms with Gasteiger partial charge in [0.15, 0.2) is 0 Å². The van der Waals surface area contributed by atoms with Crippen LogP contribution >= 0.6 is 0 Å². The van der Waals surface area contributed by atoms with Crippen LogP contribution in [0.5, 0.6) is 11.5 Å². The van der Waals surface area contributed by atoms with Gasteiger partial charge in [-0.3, -0.25) is 4.79 Å². The van der Waals surface area contributed by atoms with Gasteiger partial charge in [-0.25, -0.2) is 9.97 Å². The van der Waals surface area contributed by atoms with Crippen molar-refractivity contribution >= 4 is 28.9 Å². The first-order chi connectivity index (χ1) is 19.4. The molecular weight excluding hydrogens is 506 g/mol. The van der Waals surface area contributed by atoms with Crippen molar-refractivity contribution in [2.75, 3.05) is 63.0 Å². The molecule has 0 spiro atoms. The number of piperazine rings is 1. The highest BCUT2D eigenvalue weighted by atomic mass is 16.5. The molecule has 10 nitrogen and oxygen atoms in total. The summed E-state index contributed by atoms with van der Waals surface area (Å²) in [6.45, 7) is 5.95. The molecule has 2 N–H and O–H groups in total. The number of aromatic nitrogens is 3. The molecule has 208 valence electrons. The lowest BCUT2D eigenvalue weighted by molar-refractivity contribution is 0.102. The third-order valence-corrected chi connectivity index (χ3v) is 7.18. The zero-order chi connectivity index (χ0) is 28.2. The molecule has 2 aromatic carbocycles. The van der Waals surface area contributed by atoms with Gasteiger partial charge in [-0.15, -0.1) is 0 Å². The Labute approximate surface area is 234 Å². The minimum atomic E-state index is -0.230. The quantitative estimate of drug-likeness (QED) is 0.335. The van der Waals surface area contributed by atoms with Crippen molar-refractivity contribution in [2.24, 2.45) is 7.05 Å². The predicted octanol–water partition coefficient (Wildman–Crippen LogP) is 4.56. The average molecular weight is 542 g/mol. The number of aryl methyl sites for hydroxylation is 2. The Bertz CT molecular complexity index is 1510. The highest BCUT2D eigenvalue weighted by Crippen LogP contribution is 2.33. The lowest BCUT2D eigenvalue weighted by atomic mass is 10.1. The molecule has 1 amide bonds. The molecule has 1 aliphatic rings. The summed E-state index contributed by atoms with van der Waals surface area (Å²) in [6, 6.07) is 15.4. The van der Waals surface area contributed by atoms with E-state index in [2.05, 4.69) is 38.5 Å². The molecule has 1 aliphatic heterocycles. The number of hydrogen-bond acceptors (Lipinski definition) is 8. The fraction of sp³-hybridized carbons (Fsp3) is 0.300. The van der Waals surface area contributed by atoms with Gasteiger partial charge in [0.25, 0.3) is 5.91 Å². The lowest BCUT2D eigenvalue weighted by Gasteiger charge is -2.34. The first kappa shape index (κ1) is 27.0. The minimum absolute atomic E-state index is 0.230. The fourth-order valence-electron chi connectivity index (χ4n) is 4.83. The van der Waals surface area contributed by atoms with E-state index in [1.165, 1.54) is 0 Å². The number of rotatable bonds is 8. The van der Waals surface area contributed by atoms with Crippen LogP contribution in [0.2, 0.25) is 0 Å². The van der Waals surface area contributed by atoms with Gasteiger partial charge < -0.3 is 34.5 Å². The van der Waals surface area contributed by atoms with Crippen molar-refractivity contribution in [1.29, 1.82) is 0 Å². The summed E-state index contributed by atoms with van der Waals surface area (Å²) in [5, 5.41) is 6.28. The van der Waals surface area contributed by atoms with E-state index in [-0.39, 0.29) is 5.91 Å². The molecule has 0 bridgehead atoms. The molecule has 0 unspecified atom stereocenters. The fourth-order valence-corrected chi connectivity index (χ4v) is 4.83. The van der Waals surface area contributed by atoms with Gasteiger partial charge in [-0.05, 0) is 49.9 Å². The molecule has 0 saturated carbocycles. The molecule has 0 atom stereocenters. The number of para-hydroxylation sites is 1. The molecule has 4 aromatic rings. The molecule has 0 radical (unpaired) electrons. The Morgan fingerprint density at radius 3 is 2.48 bits per heavy atom. The number of hydrogen-bond donors (Lipinski definition) is 2. The number of carbonyl (C=O) groups is 1. The number of likely N-dealkylation sites (N-methyl/N-ethyl adjacent to an activating group) is 1. The summed E-state index contributed by atoms with van der Waals surface area (Å²) in [7, 11) is 7.28. The van der Waals surface area contributed by atoms with Gasteiger partial charge >= 0.3 is 0 Å². The van der Waals surface area contributed by atoms with Crippen molar-refractivity contribution in [3.8, 4) is 22.9 Å². The molecule has 2 aromatic heterocycles. The number of nitrogens with zero attached hydrogens (tertiary/aromatic N) is 5. The number of ether oxygens (including phenoxy) is 2. The van der Waals surface area contributed by atoms with Crippen LogP contribution in [0.25, 0.3) is 11.4 Å². The largest absolute Gasteiger partial charge is 0.495 e. The van der Waals surface area contributed by atoms with Crippen LogP contribution in [-0.4, -0.2) is 72.8 Å². The molecule has 40 heavy (non-hydrogen) atoms. The monoisotopic (exact) mass is 541 g/mol. The Morgan fingerprint density at radius 1 is 0.950 bits per heavy atom. The predicted molar refractivity (Wildman–Crippen MR) is 158 cm³/mol. The molecule has 1 fully saturated rings. The summed E-state index contributed by atoms with van der Waals surface area (Å²) in [5.41, 5.74) is 5.45. The van der Waals surface area contributed by atoms with E-state index >= 15 is 0 Å². The zero-order valence-electron chi connectivity index (χ0n) is 23.6. The Balaban J connectivity index is 1.34. The van der Waals surface area contributed by atoms with Crippen LogP contribution < -0.4 is 25.0 Å². The molecule has 5 rings (SSSR count). The first-order valence-electron chi connectivity index (χ1n) is 13.2. The van der Waals surface area contributed by atoms with Crippen molar-refractivity contribution in [3.63, 3.8) is 0 Å². The van der Waals surface area contributed by atoms with Crippen molar-refractivity contribution < 1.29 is 14.3 Å². The number of carbonyl (C=O) groups excluding carboxylic acids is 1. The molecule has 3 heterocycles. The van der Waals surface area contributed by atoms with E-state index in [9.17, 15) is 4.79 Å². The van der Waals surface area contributed by atoms with Gasteiger partial charge in [0, 0.05) is 57.4 Å². The second-order valence-corrected chi connectivity index (χ2v) is 9.90. The van der Waals surface area contributed by atoms with E-state index in [0.717, 1.165) is 54.6 Å². The normalized spacial score (nSPS) is 13.7. The van der Waals surface area contributed by atoms with Gasteiger partial charge in [-0.2, -0.15) is 0 Å². The van der Waals surface area contributed by atoms with E-state index < -0.39 is 0 Å². The van der Waals surface area contributed by atoms with Crippen molar-refractivity contribution in [1.82, 2.24) is 19.4 Å². The van der Waals surface area contributed by atoms with Crippen LogP contribution in [0.1, 0.15) is 15.9 Å². The molecular formula is C30H35N7O3. The van der Waals surface area contributed by atoms with Gasteiger partial charge in [-0.1, -0.05) is 12.1 Å². The molecule has 10 heteroatoms. The molecule has 1 saturated heterocycles. The van der Waals surface area contributed by atoms with Crippen LogP contribution in [0.4, 0.5) is 23.0 Å². The summed E-state index contributed by atoms with van der Waals surface area (Å²) < 4.78 is 13.0. The Kier molecular flexibility index (Phi) is 7.88. The third-order valence-electron chi connectivity index (χ3n) is 7.18. The van der Waals surface area contributed by atoms with Crippen LogP contribution in [0.3, 0.4) is 0 Å². The summed E-state index contributed by atoms with van der Waals surface area (Å²) >= 11 is 0. The van der Waals surface area contributed by atoms with Crippen LogP contribution in [0.15, 0.2) is 60.9 Å². The third kappa shape index (κ3) is 5.72. The first-order valence-corrected chi connectivity index (χ1v) is 13.2. The second-order valence-electron chi connectivity index (χ2n) is 9.90. The van der Waals surface area contributed by atoms with Gasteiger partial charge in [0.05, 0.1) is 42.5 Å².